The molecular formula is C19H18N4OS. The van der Waals surface area contributed by atoms with E-state index in [1.807, 2.05) is 32.9 Å². The Bertz CT molecular complexity index is 999. The number of aryl methyl sites for hydroxylation is 3. The SMILES string of the molecule is Cc1nc(C)c2c(C)c(C(=O)N(C)Cc3ccc(C#N)cc3)sc2n1. The number of rotatable bonds is 3. The maximum absolute atomic E-state index is 12.9. The van der Waals surface area contributed by atoms with E-state index >= 15 is 0 Å². The van der Waals surface area contributed by atoms with Gasteiger partial charge in [-0.1, -0.05) is 12.1 Å². The molecule has 25 heavy (non-hydrogen) atoms. The van der Waals surface area contributed by atoms with Crippen LogP contribution in [0.15, 0.2) is 24.3 Å². The van der Waals surface area contributed by atoms with Crippen molar-refractivity contribution in [3.05, 3.63) is 57.4 Å². The fourth-order valence-electron chi connectivity index (χ4n) is 2.88. The van der Waals surface area contributed by atoms with E-state index in [9.17, 15) is 4.79 Å². The number of carbonyl (C=O) groups excluding carboxylic acids is 1. The van der Waals surface area contributed by atoms with Crippen LogP contribution in [0.25, 0.3) is 10.2 Å². The number of aromatic nitrogens is 2. The lowest BCUT2D eigenvalue weighted by Gasteiger charge is -2.17. The van der Waals surface area contributed by atoms with Gasteiger partial charge in [-0.15, -0.1) is 11.3 Å². The zero-order valence-corrected chi connectivity index (χ0v) is 15.4. The van der Waals surface area contributed by atoms with Gasteiger partial charge in [-0.25, -0.2) is 9.97 Å². The highest BCUT2D eigenvalue weighted by molar-refractivity contribution is 7.20. The van der Waals surface area contributed by atoms with Gasteiger partial charge in [0.1, 0.15) is 10.7 Å². The first kappa shape index (κ1) is 17.1. The summed E-state index contributed by atoms with van der Waals surface area (Å²) in [5, 5.41) is 9.84. The van der Waals surface area contributed by atoms with Crippen LogP contribution in [0.4, 0.5) is 0 Å². The molecule has 6 heteroatoms. The Labute approximate surface area is 150 Å². The number of nitrogens with zero attached hydrogens (tertiary/aromatic N) is 4. The molecule has 3 aromatic rings. The van der Waals surface area contributed by atoms with E-state index in [1.165, 1.54) is 11.3 Å². The Morgan fingerprint density at radius 3 is 2.52 bits per heavy atom. The lowest BCUT2D eigenvalue weighted by molar-refractivity contribution is 0.0789. The summed E-state index contributed by atoms with van der Waals surface area (Å²) in [6.07, 6.45) is 0. The number of hydrogen-bond acceptors (Lipinski definition) is 5. The maximum Gasteiger partial charge on any atom is 0.264 e. The molecule has 0 saturated carbocycles. The molecule has 0 N–H and O–H groups in total. The van der Waals surface area contributed by atoms with Crippen LogP contribution >= 0.6 is 11.3 Å². The largest absolute Gasteiger partial charge is 0.337 e. The molecule has 1 amide bonds. The van der Waals surface area contributed by atoms with Crippen molar-refractivity contribution >= 4 is 27.5 Å². The van der Waals surface area contributed by atoms with Crippen LogP contribution in [0.5, 0.6) is 0 Å². The Hall–Kier alpha value is -2.78. The monoisotopic (exact) mass is 350 g/mol. The molecule has 0 unspecified atom stereocenters. The molecule has 0 saturated heterocycles. The number of carbonyl (C=O) groups is 1. The summed E-state index contributed by atoms with van der Waals surface area (Å²) < 4.78 is 0. The summed E-state index contributed by atoms with van der Waals surface area (Å²) in [7, 11) is 1.79. The molecule has 0 aliphatic rings. The number of hydrogen-bond donors (Lipinski definition) is 0. The standard InChI is InChI=1S/C19H18N4OS/c1-11-16-12(2)21-13(3)22-18(16)25-17(11)19(24)23(4)10-15-7-5-14(9-20)6-8-15/h5-8H,10H2,1-4H3. The average Bonchev–Trinajstić information content (AvgIpc) is 2.91. The van der Waals surface area contributed by atoms with Crippen molar-refractivity contribution in [2.45, 2.75) is 27.3 Å². The Balaban J connectivity index is 1.89. The van der Waals surface area contributed by atoms with E-state index in [-0.39, 0.29) is 5.91 Å². The van der Waals surface area contributed by atoms with Crippen molar-refractivity contribution < 1.29 is 4.79 Å². The lowest BCUT2D eigenvalue weighted by Crippen LogP contribution is -2.25. The van der Waals surface area contributed by atoms with Gasteiger partial charge < -0.3 is 4.90 Å². The lowest BCUT2D eigenvalue weighted by atomic mass is 10.1. The molecule has 0 fully saturated rings. The second-order valence-electron chi connectivity index (χ2n) is 6.06. The third-order valence-electron chi connectivity index (χ3n) is 4.13. The van der Waals surface area contributed by atoms with Gasteiger partial charge >= 0.3 is 0 Å². The van der Waals surface area contributed by atoms with E-state index in [0.29, 0.717) is 17.0 Å². The third kappa shape index (κ3) is 3.24. The normalized spacial score (nSPS) is 10.7. The quantitative estimate of drug-likeness (QED) is 0.721. The molecule has 2 aromatic heterocycles. The van der Waals surface area contributed by atoms with Gasteiger partial charge in [0.2, 0.25) is 0 Å². The van der Waals surface area contributed by atoms with Crippen LogP contribution in [-0.2, 0) is 6.54 Å². The third-order valence-corrected chi connectivity index (χ3v) is 5.30. The molecule has 0 atom stereocenters. The fourth-order valence-corrected chi connectivity index (χ4v) is 4.15. The van der Waals surface area contributed by atoms with E-state index in [0.717, 1.165) is 32.9 Å². The van der Waals surface area contributed by atoms with Crippen molar-refractivity contribution in [1.29, 1.82) is 5.26 Å². The van der Waals surface area contributed by atoms with Gasteiger partial charge in [0.15, 0.2) is 0 Å². The highest BCUT2D eigenvalue weighted by Gasteiger charge is 2.21. The van der Waals surface area contributed by atoms with Crippen LogP contribution in [0, 0.1) is 32.1 Å². The molecule has 0 bridgehead atoms. The summed E-state index contributed by atoms with van der Waals surface area (Å²) in [6.45, 7) is 6.25. The van der Waals surface area contributed by atoms with Crippen LogP contribution in [0.2, 0.25) is 0 Å². The van der Waals surface area contributed by atoms with E-state index in [2.05, 4.69) is 16.0 Å². The fraction of sp³-hybridized carbons (Fsp3) is 0.263. The van der Waals surface area contributed by atoms with Crippen molar-refractivity contribution in [2.75, 3.05) is 7.05 Å². The molecule has 0 radical (unpaired) electrons. The minimum atomic E-state index is -0.0260. The zero-order valence-electron chi connectivity index (χ0n) is 14.6. The number of nitriles is 1. The first-order valence-corrected chi connectivity index (χ1v) is 8.71. The predicted octanol–water partition coefficient (Wildman–Crippen LogP) is 3.76. The summed E-state index contributed by atoms with van der Waals surface area (Å²) in [5.41, 5.74) is 3.45. The zero-order chi connectivity index (χ0) is 18.1. The summed E-state index contributed by atoms with van der Waals surface area (Å²) in [4.78, 5) is 25.0. The minimum absolute atomic E-state index is 0.0260. The van der Waals surface area contributed by atoms with Crippen molar-refractivity contribution in [2.24, 2.45) is 0 Å². The van der Waals surface area contributed by atoms with Gasteiger partial charge in [-0.2, -0.15) is 5.26 Å². The van der Waals surface area contributed by atoms with Crippen LogP contribution in [0.3, 0.4) is 0 Å². The summed E-state index contributed by atoms with van der Waals surface area (Å²) in [6, 6.07) is 9.37. The first-order valence-electron chi connectivity index (χ1n) is 7.89. The van der Waals surface area contributed by atoms with Gasteiger partial charge in [-0.05, 0) is 44.0 Å². The second-order valence-corrected chi connectivity index (χ2v) is 7.06. The molecule has 1 aromatic carbocycles. The molecule has 0 aliphatic heterocycles. The smallest absolute Gasteiger partial charge is 0.264 e. The Kier molecular flexibility index (Phi) is 4.51. The topological polar surface area (TPSA) is 69.9 Å². The van der Waals surface area contributed by atoms with Gasteiger partial charge in [-0.3, -0.25) is 4.79 Å². The van der Waals surface area contributed by atoms with Crippen molar-refractivity contribution in [3.63, 3.8) is 0 Å². The Morgan fingerprint density at radius 2 is 1.88 bits per heavy atom. The van der Waals surface area contributed by atoms with Crippen LogP contribution in [-0.4, -0.2) is 27.8 Å². The second kappa shape index (κ2) is 6.61. The Morgan fingerprint density at radius 1 is 1.20 bits per heavy atom. The van der Waals surface area contributed by atoms with Gasteiger partial charge in [0.05, 0.1) is 16.5 Å². The van der Waals surface area contributed by atoms with Gasteiger partial charge in [0, 0.05) is 24.7 Å². The molecular weight excluding hydrogens is 332 g/mol. The summed E-state index contributed by atoms with van der Waals surface area (Å²) in [5.74, 6) is 0.693. The summed E-state index contributed by atoms with van der Waals surface area (Å²) >= 11 is 1.42. The van der Waals surface area contributed by atoms with E-state index in [1.54, 1.807) is 24.1 Å². The van der Waals surface area contributed by atoms with E-state index in [4.69, 9.17) is 5.26 Å². The van der Waals surface area contributed by atoms with Crippen molar-refractivity contribution in [1.82, 2.24) is 14.9 Å². The number of fused-ring (bicyclic) bond motifs is 1. The predicted molar refractivity (Wildman–Crippen MR) is 98.6 cm³/mol. The van der Waals surface area contributed by atoms with Gasteiger partial charge in [0.25, 0.3) is 5.91 Å². The molecule has 2 heterocycles. The molecule has 126 valence electrons. The highest BCUT2D eigenvalue weighted by atomic mass is 32.1. The average molecular weight is 350 g/mol. The first-order chi connectivity index (χ1) is 11.9. The number of thiophene rings is 1. The molecule has 0 spiro atoms. The van der Waals surface area contributed by atoms with Crippen molar-refractivity contribution in [3.8, 4) is 6.07 Å². The highest BCUT2D eigenvalue weighted by Crippen LogP contribution is 2.32. The minimum Gasteiger partial charge on any atom is -0.337 e. The van der Waals surface area contributed by atoms with E-state index < -0.39 is 0 Å². The number of amides is 1. The maximum atomic E-state index is 12.9. The van der Waals surface area contributed by atoms with Crippen LogP contribution < -0.4 is 0 Å². The van der Waals surface area contributed by atoms with Crippen LogP contribution in [0.1, 0.15) is 37.9 Å². The molecule has 0 aliphatic carbocycles. The molecule has 5 nitrogen and oxygen atoms in total. The number of benzene rings is 1. The molecule has 3 rings (SSSR count).